The van der Waals surface area contributed by atoms with E-state index in [-0.39, 0.29) is 44.2 Å². The Morgan fingerprint density at radius 2 is 1.34 bits per heavy atom. The maximum atomic E-state index is 12.2. The molecule has 0 spiro atoms. The van der Waals surface area contributed by atoms with Crippen LogP contribution in [0.2, 0.25) is 0 Å². The molecule has 0 aromatic heterocycles. The van der Waals surface area contributed by atoms with E-state index in [9.17, 15) is 40.1 Å². The number of carboxylic acids is 2. The summed E-state index contributed by atoms with van der Waals surface area (Å²) in [7, 11) is 2.78. The van der Waals surface area contributed by atoms with Gasteiger partial charge in [-0.2, -0.15) is 0 Å². The number of nitrogens with zero attached hydrogens (tertiary/aromatic N) is 1. The molecule has 0 atom stereocenters. The standard InChI is InChI=1S/C24H17NO10/c1-34-17-7-10-3-4-12(23(28)29)19(14(10)9-18(17)35-2)20-13(24(30)31)6-5-11-15(20)8-16(26)22(27)21(11)25(32)33/h3-9,26-27H,1-2H3,(H,28,29)(H,30,31). The highest BCUT2D eigenvalue weighted by Crippen LogP contribution is 2.48. The van der Waals surface area contributed by atoms with E-state index in [0.29, 0.717) is 11.1 Å². The first-order chi connectivity index (χ1) is 16.6. The van der Waals surface area contributed by atoms with E-state index in [4.69, 9.17) is 9.47 Å². The summed E-state index contributed by atoms with van der Waals surface area (Å²) in [6.07, 6.45) is 0. The minimum atomic E-state index is -1.44. The molecule has 0 saturated heterocycles. The molecule has 4 rings (SSSR count). The number of aromatic hydroxyl groups is 2. The summed E-state index contributed by atoms with van der Waals surface area (Å²) >= 11 is 0. The van der Waals surface area contributed by atoms with Crippen molar-refractivity contribution < 1.29 is 44.4 Å². The maximum absolute atomic E-state index is 12.2. The number of nitro benzene ring substituents is 1. The van der Waals surface area contributed by atoms with Gasteiger partial charge in [0.05, 0.1) is 35.7 Å². The SMILES string of the molecule is COc1cc2ccc(C(=O)O)c(-c3c(C(=O)O)ccc4c([N+](=O)[O-])c(O)c(O)cc34)c2cc1OC. The van der Waals surface area contributed by atoms with E-state index in [1.807, 2.05) is 0 Å². The Bertz CT molecular complexity index is 1570. The van der Waals surface area contributed by atoms with E-state index in [2.05, 4.69) is 0 Å². The lowest BCUT2D eigenvalue weighted by Crippen LogP contribution is -2.06. The maximum Gasteiger partial charge on any atom is 0.336 e. The van der Waals surface area contributed by atoms with Crippen molar-refractivity contribution in [3.8, 4) is 34.1 Å². The molecule has 0 heterocycles. The molecule has 0 saturated carbocycles. The molecule has 0 fully saturated rings. The van der Waals surface area contributed by atoms with Crippen LogP contribution in [0.15, 0.2) is 42.5 Å². The first kappa shape index (κ1) is 23.1. The quantitative estimate of drug-likeness (QED) is 0.176. The van der Waals surface area contributed by atoms with E-state index in [1.54, 1.807) is 6.07 Å². The van der Waals surface area contributed by atoms with Crippen LogP contribution in [0.3, 0.4) is 0 Å². The van der Waals surface area contributed by atoms with Gasteiger partial charge in [-0.1, -0.05) is 6.07 Å². The Morgan fingerprint density at radius 3 is 1.89 bits per heavy atom. The number of benzene rings is 4. The predicted molar refractivity (Wildman–Crippen MR) is 124 cm³/mol. The molecule has 11 nitrogen and oxygen atoms in total. The summed E-state index contributed by atoms with van der Waals surface area (Å²) in [5, 5.41) is 52.3. The number of carbonyl (C=O) groups is 2. The van der Waals surface area contributed by atoms with Gasteiger partial charge in [0.2, 0.25) is 5.75 Å². The number of fused-ring (bicyclic) bond motifs is 2. The molecule has 4 aromatic carbocycles. The predicted octanol–water partition coefficient (Wildman–Crippen LogP) is 4.39. The van der Waals surface area contributed by atoms with Gasteiger partial charge in [0.25, 0.3) is 0 Å². The van der Waals surface area contributed by atoms with Crippen LogP contribution in [0.4, 0.5) is 5.69 Å². The van der Waals surface area contributed by atoms with Gasteiger partial charge in [-0.3, -0.25) is 10.1 Å². The second-order valence-electron chi connectivity index (χ2n) is 7.46. The third-order valence-corrected chi connectivity index (χ3v) is 5.67. The zero-order chi connectivity index (χ0) is 25.6. The van der Waals surface area contributed by atoms with Crippen LogP contribution >= 0.6 is 0 Å². The lowest BCUT2D eigenvalue weighted by atomic mass is 9.86. The van der Waals surface area contributed by atoms with Crippen molar-refractivity contribution in [3.63, 3.8) is 0 Å². The topological polar surface area (TPSA) is 177 Å². The number of carboxylic acid groups (broad SMARTS) is 2. The second-order valence-corrected chi connectivity index (χ2v) is 7.46. The Morgan fingerprint density at radius 1 is 0.800 bits per heavy atom. The molecule has 0 unspecified atom stereocenters. The van der Waals surface area contributed by atoms with Crippen molar-refractivity contribution in [3.05, 3.63) is 63.7 Å². The molecule has 0 bridgehead atoms. The summed E-state index contributed by atoms with van der Waals surface area (Å²) in [6.45, 7) is 0. The highest BCUT2D eigenvalue weighted by Gasteiger charge is 2.29. The highest BCUT2D eigenvalue weighted by atomic mass is 16.6. The van der Waals surface area contributed by atoms with Crippen LogP contribution in [0, 0.1) is 10.1 Å². The van der Waals surface area contributed by atoms with Crippen LogP contribution in [0.5, 0.6) is 23.0 Å². The normalized spacial score (nSPS) is 10.9. The van der Waals surface area contributed by atoms with Crippen LogP contribution in [0.1, 0.15) is 20.7 Å². The van der Waals surface area contributed by atoms with Gasteiger partial charge >= 0.3 is 17.6 Å². The van der Waals surface area contributed by atoms with Gasteiger partial charge in [-0.15, -0.1) is 0 Å². The number of hydrogen-bond donors (Lipinski definition) is 4. The number of phenols is 2. The summed E-state index contributed by atoms with van der Waals surface area (Å²) in [5.74, 6) is -4.13. The van der Waals surface area contributed by atoms with Gasteiger partial charge in [-0.25, -0.2) is 9.59 Å². The first-order valence-electron chi connectivity index (χ1n) is 9.92. The van der Waals surface area contributed by atoms with Crippen molar-refractivity contribution in [1.29, 1.82) is 0 Å². The number of rotatable bonds is 6. The fourth-order valence-corrected chi connectivity index (χ4v) is 4.16. The fourth-order valence-electron chi connectivity index (χ4n) is 4.16. The molecule has 11 heteroatoms. The fraction of sp³-hybridized carbons (Fsp3) is 0.0833. The molecular formula is C24H17NO10. The number of aromatic carboxylic acids is 2. The third kappa shape index (κ3) is 3.55. The zero-order valence-corrected chi connectivity index (χ0v) is 18.2. The monoisotopic (exact) mass is 479 g/mol. The van der Waals surface area contributed by atoms with Gasteiger partial charge in [-0.05, 0) is 47.2 Å². The van der Waals surface area contributed by atoms with E-state index in [0.717, 1.165) is 18.2 Å². The molecule has 0 amide bonds. The van der Waals surface area contributed by atoms with Crippen molar-refractivity contribution in [2.24, 2.45) is 0 Å². The molecule has 4 aromatic rings. The number of ether oxygens (including phenoxy) is 2. The Labute approximate surface area is 196 Å². The lowest BCUT2D eigenvalue weighted by molar-refractivity contribution is -0.384. The summed E-state index contributed by atoms with van der Waals surface area (Å²) in [4.78, 5) is 35.2. The van der Waals surface area contributed by atoms with Gasteiger partial charge < -0.3 is 29.9 Å². The van der Waals surface area contributed by atoms with Crippen molar-refractivity contribution >= 4 is 39.2 Å². The number of hydrogen-bond acceptors (Lipinski definition) is 8. The van der Waals surface area contributed by atoms with E-state index >= 15 is 0 Å². The van der Waals surface area contributed by atoms with Crippen LogP contribution in [-0.4, -0.2) is 51.5 Å². The molecule has 0 aliphatic rings. The Balaban J connectivity index is 2.33. The van der Waals surface area contributed by atoms with Crippen molar-refractivity contribution in [1.82, 2.24) is 0 Å². The average molecular weight is 479 g/mol. The van der Waals surface area contributed by atoms with Gasteiger partial charge in [0.1, 0.15) is 0 Å². The second kappa shape index (κ2) is 8.37. The molecule has 4 N–H and O–H groups in total. The molecule has 0 aliphatic heterocycles. The molecule has 178 valence electrons. The summed E-state index contributed by atoms with van der Waals surface area (Å²) in [5.41, 5.74) is -1.78. The smallest absolute Gasteiger partial charge is 0.336 e. The van der Waals surface area contributed by atoms with E-state index < -0.39 is 34.0 Å². The lowest BCUT2D eigenvalue weighted by Gasteiger charge is -2.18. The molecule has 35 heavy (non-hydrogen) atoms. The zero-order valence-electron chi connectivity index (χ0n) is 18.2. The van der Waals surface area contributed by atoms with Gasteiger partial charge in [0, 0.05) is 16.5 Å². The Kier molecular flexibility index (Phi) is 5.53. The van der Waals surface area contributed by atoms with Crippen LogP contribution in [0.25, 0.3) is 32.7 Å². The molecular weight excluding hydrogens is 462 g/mol. The van der Waals surface area contributed by atoms with Crippen molar-refractivity contribution in [2.75, 3.05) is 14.2 Å². The molecule has 0 radical (unpaired) electrons. The highest BCUT2D eigenvalue weighted by molar-refractivity contribution is 6.19. The summed E-state index contributed by atoms with van der Waals surface area (Å²) in [6, 6.07) is 8.97. The third-order valence-electron chi connectivity index (χ3n) is 5.67. The van der Waals surface area contributed by atoms with Crippen LogP contribution < -0.4 is 9.47 Å². The Hall–Kier alpha value is -5.06. The number of phenolic OH excluding ortho intramolecular Hbond substituents is 2. The summed E-state index contributed by atoms with van der Waals surface area (Å²) < 4.78 is 10.6. The first-order valence-corrected chi connectivity index (χ1v) is 9.92. The number of methoxy groups -OCH3 is 2. The molecule has 0 aliphatic carbocycles. The minimum absolute atomic E-state index is 0.0710. The van der Waals surface area contributed by atoms with Crippen molar-refractivity contribution in [2.45, 2.75) is 0 Å². The van der Waals surface area contributed by atoms with Crippen LogP contribution in [-0.2, 0) is 0 Å². The number of nitro groups is 1. The minimum Gasteiger partial charge on any atom is -0.504 e. The van der Waals surface area contributed by atoms with Gasteiger partial charge in [0.15, 0.2) is 17.2 Å². The average Bonchev–Trinajstić information content (AvgIpc) is 2.82. The van der Waals surface area contributed by atoms with E-state index in [1.165, 1.54) is 32.4 Å². The largest absolute Gasteiger partial charge is 0.504 e.